The van der Waals surface area contributed by atoms with E-state index in [4.69, 9.17) is 0 Å². The van der Waals surface area contributed by atoms with Crippen molar-refractivity contribution in [1.29, 1.82) is 0 Å². The first-order chi connectivity index (χ1) is 16.1. The van der Waals surface area contributed by atoms with E-state index in [0.29, 0.717) is 12.8 Å². The molecule has 34 heavy (non-hydrogen) atoms. The number of hydrogen-bond acceptors (Lipinski definition) is 5. The van der Waals surface area contributed by atoms with Crippen molar-refractivity contribution in [3.8, 4) is 5.75 Å². The van der Waals surface area contributed by atoms with E-state index in [-0.39, 0.29) is 18.1 Å². The number of urea groups is 1. The molecule has 1 spiro atoms. The fraction of sp³-hybridized carbons (Fsp3) is 0.292. The van der Waals surface area contributed by atoms with E-state index in [1.54, 1.807) is 11.1 Å². The molecule has 0 radical (unpaired) electrons. The number of alkyl halides is 3. The molecule has 0 unspecified atom stereocenters. The van der Waals surface area contributed by atoms with Crippen LogP contribution in [0.25, 0.3) is 10.9 Å². The average molecular weight is 470 g/mol. The fourth-order valence-corrected chi connectivity index (χ4v) is 4.34. The van der Waals surface area contributed by atoms with Crippen LogP contribution >= 0.6 is 0 Å². The Morgan fingerprint density at radius 3 is 2.38 bits per heavy atom. The molecular formula is C24H21F3N4O3. The number of imide groups is 1. The molecule has 1 aliphatic carbocycles. The standard InChI is InChI=1S/C24H21F3N4O3/c1-29(2)17-5-8-19-15(9-12-28-20(19)13-17)14-30-22(33)31(21(32)23(30)10-11-23)16-3-6-18(7-4-16)34-24(25,26)27/h3-9,12-13H,10-11,14H2,1-2H3. The number of benzene rings is 2. The van der Waals surface area contributed by atoms with Crippen LogP contribution in [-0.4, -0.2) is 47.8 Å². The number of aromatic nitrogens is 1. The predicted molar refractivity (Wildman–Crippen MR) is 120 cm³/mol. The van der Waals surface area contributed by atoms with Crippen LogP contribution in [-0.2, 0) is 11.3 Å². The van der Waals surface area contributed by atoms with Gasteiger partial charge in [0.1, 0.15) is 11.3 Å². The van der Waals surface area contributed by atoms with Gasteiger partial charge in [0.05, 0.1) is 11.2 Å². The molecule has 2 aliphatic rings. The van der Waals surface area contributed by atoms with Gasteiger partial charge < -0.3 is 14.5 Å². The summed E-state index contributed by atoms with van der Waals surface area (Å²) in [4.78, 5) is 35.6. The van der Waals surface area contributed by atoms with Crippen LogP contribution in [0, 0.1) is 0 Å². The third kappa shape index (κ3) is 3.68. The van der Waals surface area contributed by atoms with Gasteiger partial charge in [-0.15, -0.1) is 13.2 Å². The zero-order valence-corrected chi connectivity index (χ0v) is 18.5. The second-order valence-corrected chi connectivity index (χ2v) is 8.65. The fourth-order valence-electron chi connectivity index (χ4n) is 4.34. The van der Waals surface area contributed by atoms with Gasteiger partial charge in [0, 0.05) is 37.9 Å². The number of anilines is 2. The molecule has 176 valence electrons. The number of ether oxygens (including phenoxy) is 1. The molecule has 0 atom stereocenters. The Bertz CT molecular complexity index is 1290. The normalized spacial score (nSPS) is 17.1. The van der Waals surface area contributed by atoms with Crippen LogP contribution in [0.5, 0.6) is 5.75 Å². The first-order valence-corrected chi connectivity index (χ1v) is 10.7. The van der Waals surface area contributed by atoms with E-state index in [1.807, 2.05) is 43.3 Å². The van der Waals surface area contributed by atoms with E-state index in [2.05, 4.69) is 9.72 Å². The summed E-state index contributed by atoms with van der Waals surface area (Å²) >= 11 is 0. The summed E-state index contributed by atoms with van der Waals surface area (Å²) in [7, 11) is 3.87. The average Bonchev–Trinajstić information content (AvgIpc) is 3.55. The zero-order valence-electron chi connectivity index (χ0n) is 18.5. The maximum Gasteiger partial charge on any atom is 0.573 e. The maximum absolute atomic E-state index is 13.4. The second kappa shape index (κ2) is 7.61. The highest BCUT2D eigenvalue weighted by molar-refractivity contribution is 6.24. The number of carbonyl (C=O) groups is 2. The summed E-state index contributed by atoms with van der Waals surface area (Å²) in [6.07, 6.45) is -2.07. The molecule has 1 aromatic heterocycles. The molecule has 7 nitrogen and oxygen atoms in total. The van der Waals surface area contributed by atoms with Gasteiger partial charge in [0.2, 0.25) is 0 Å². The first kappa shape index (κ1) is 22.0. The molecule has 0 N–H and O–H groups in total. The Labute approximate surface area is 193 Å². The summed E-state index contributed by atoms with van der Waals surface area (Å²) in [6, 6.07) is 11.9. The lowest BCUT2D eigenvalue weighted by Gasteiger charge is -2.22. The summed E-state index contributed by atoms with van der Waals surface area (Å²) in [5.74, 6) is -0.788. The molecule has 5 rings (SSSR count). The largest absolute Gasteiger partial charge is 0.573 e. The molecule has 2 fully saturated rings. The van der Waals surface area contributed by atoms with Crippen LogP contribution < -0.4 is 14.5 Å². The molecule has 1 aliphatic heterocycles. The number of amides is 3. The van der Waals surface area contributed by atoms with Gasteiger partial charge in [-0.05, 0) is 60.9 Å². The van der Waals surface area contributed by atoms with Gasteiger partial charge in [-0.2, -0.15) is 0 Å². The predicted octanol–water partition coefficient (Wildman–Crippen LogP) is 4.70. The van der Waals surface area contributed by atoms with Crippen molar-refractivity contribution in [3.63, 3.8) is 0 Å². The third-order valence-corrected chi connectivity index (χ3v) is 6.25. The zero-order chi connectivity index (χ0) is 24.3. The third-order valence-electron chi connectivity index (χ3n) is 6.25. The minimum Gasteiger partial charge on any atom is -0.406 e. The molecule has 2 heterocycles. The van der Waals surface area contributed by atoms with Crippen LogP contribution in [0.2, 0.25) is 0 Å². The van der Waals surface area contributed by atoms with E-state index in [1.165, 1.54) is 12.1 Å². The van der Waals surface area contributed by atoms with Gasteiger partial charge in [-0.1, -0.05) is 6.07 Å². The first-order valence-electron chi connectivity index (χ1n) is 10.7. The van der Waals surface area contributed by atoms with E-state index in [9.17, 15) is 22.8 Å². The van der Waals surface area contributed by atoms with Gasteiger partial charge in [0.25, 0.3) is 5.91 Å². The molecule has 0 bridgehead atoms. The van der Waals surface area contributed by atoms with Crippen LogP contribution in [0.15, 0.2) is 54.7 Å². The van der Waals surface area contributed by atoms with Crippen molar-refractivity contribution < 1.29 is 27.5 Å². The number of fused-ring (bicyclic) bond motifs is 1. The summed E-state index contributed by atoms with van der Waals surface area (Å²) in [6.45, 7) is 0.219. The minimum absolute atomic E-state index is 0.202. The number of nitrogens with zero attached hydrogens (tertiary/aromatic N) is 4. The minimum atomic E-state index is -4.82. The van der Waals surface area contributed by atoms with Crippen LogP contribution in [0.4, 0.5) is 29.3 Å². The summed E-state index contributed by atoms with van der Waals surface area (Å²) in [5, 5.41) is 0.885. The highest BCUT2D eigenvalue weighted by Crippen LogP contribution is 2.50. The Morgan fingerprint density at radius 1 is 1.06 bits per heavy atom. The molecule has 2 aromatic carbocycles. The second-order valence-electron chi connectivity index (χ2n) is 8.65. The van der Waals surface area contributed by atoms with Crippen LogP contribution in [0.1, 0.15) is 18.4 Å². The van der Waals surface area contributed by atoms with Gasteiger partial charge >= 0.3 is 12.4 Å². The van der Waals surface area contributed by atoms with Crippen molar-refractivity contribution in [2.75, 3.05) is 23.9 Å². The van der Waals surface area contributed by atoms with Crippen molar-refractivity contribution in [2.24, 2.45) is 0 Å². The highest BCUT2D eigenvalue weighted by atomic mass is 19.4. The lowest BCUT2D eigenvalue weighted by Crippen LogP contribution is -2.36. The van der Waals surface area contributed by atoms with Crippen LogP contribution in [0.3, 0.4) is 0 Å². The Balaban J connectivity index is 1.44. The van der Waals surface area contributed by atoms with Gasteiger partial charge in [-0.25, -0.2) is 9.69 Å². The smallest absolute Gasteiger partial charge is 0.406 e. The van der Waals surface area contributed by atoms with Crippen molar-refractivity contribution in [1.82, 2.24) is 9.88 Å². The summed E-state index contributed by atoms with van der Waals surface area (Å²) < 4.78 is 41.2. The molecular weight excluding hydrogens is 449 g/mol. The number of halogens is 3. The van der Waals surface area contributed by atoms with Crippen molar-refractivity contribution >= 4 is 34.2 Å². The van der Waals surface area contributed by atoms with E-state index in [0.717, 1.165) is 39.2 Å². The number of hydrogen-bond donors (Lipinski definition) is 0. The quantitative estimate of drug-likeness (QED) is 0.506. The topological polar surface area (TPSA) is 66.0 Å². The van der Waals surface area contributed by atoms with E-state index >= 15 is 0 Å². The molecule has 1 saturated heterocycles. The lowest BCUT2D eigenvalue weighted by atomic mass is 10.1. The monoisotopic (exact) mass is 470 g/mol. The molecule has 1 saturated carbocycles. The Morgan fingerprint density at radius 2 is 1.76 bits per heavy atom. The summed E-state index contributed by atoms with van der Waals surface area (Å²) in [5.41, 5.74) is 1.92. The van der Waals surface area contributed by atoms with Crippen molar-refractivity contribution in [3.05, 3.63) is 60.3 Å². The maximum atomic E-state index is 13.4. The van der Waals surface area contributed by atoms with Gasteiger partial charge in [-0.3, -0.25) is 9.78 Å². The SMILES string of the molecule is CN(C)c1ccc2c(CN3C(=O)N(c4ccc(OC(F)(F)F)cc4)C(=O)C34CC4)ccnc2c1. The molecule has 10 heteroatoms. The Hall–Kier alpha value is -3.82. The van der Waals surface area contributed by atoms with E-state index < -0.39 is 23.7 Å². The Kier molecular flexibility index (Phi) is 4.92. The van der Waals surface area contributed by atoms with Crippen molar-refractivity contribution in [2.45, 2.75) is 31.3 Å². The molecule has 3 aromatic rings. The molecule has 3 amide bonds. The number of carbonyl (C=O) groups excluding carboxylic acids is 2. The number of pyridine rings is 1. The highest BCUT2D eigenvalue weighted by Gasteiger charge is 2.65. The number of rotatable bonds is 5. The van der Waals surface area contributed by atoms with Gasteiger partial charge in [0.15, 0.2) is 0 Å². The lowest BCUT2D eigenvalue weighted by molar-refractivity contribution is -0.274.